The predicted molar refractivity (Wildman–Crippen MR) is 59.1 cm³/mol. The lowest BCUT2D eigenvalue weighted by atomic mass is 10.2. The van der Waals surface area contributed by atoms with Gasteiger partial charge >= 0.3 is 10.4 Å². The Morgan fingerprint density at radius 2 is 1.89 bits per heavy atom. The first-order valence-electron chi connectivity index (χ1n) is 4.97. The Morgan fingerprint density at radius 1 is 1.33 bits per heavy atom. The van der Waals surface area contributed by atoms with Crippen molar-refractivity contribution < 1.29 is 22.0 Å². The lowest BCUT2D eigenvalue weighted by Crippen LogP contribution is -2.54. The van der Waals surface area contributed by atoms with E-state index in [1.807, 2.05) is 0 Å². The average molecular weight is 276 g/mol. The number of hydrogen-bond donors (Lipinski definition) is 0. The summed E-state index contributed by atoms with van der Waals surface area (Å²) < 4.78 is 39.3. The van der Waals surface area contributed by atoms with E-state index in [-0.39, 0.29) is 18.8 Å². The molecule has 7 nitrogen and oxygen atoms in total. The molecule has 1 heterocycles. The first-order valence-corrected chi connectivity index (χ1v) is 6.31. The Morgan fingerprint density at radius 3 is 2.33 bits per heavy atom. The highest BCUT2D eigenvalue weighted by Crippen LogP contribution is 2.23. The third kappa shape index (κ3) is 2.74. The van der Waals surface area contributed by atoms with Gasteiger partial charge in [0.2, 0.25) is 0 Å². The number of benzene rings is 1. The van der Waals surface area contributed by atoms with Gasteiger partial charge in [-0.05, 0) is 12.1 Å². The van der Waals surface area contributed by atoms with Crippen LogP contribution in [0.3, 0.4) is 0 Å². The highest BCUT2D eigenvalue weighted by atomic mass is 32.3. The Bertz CT molecular complexity index is 553. The third-order valence-electron chi connectivity index (χ3n) is 2.47. The average Bonchev–Trinajstić information content (AvgIpc) is 2.21. The molecule has 0 aromatic heterocycles. The van der Waals surface area contributed by atoms with Crippen LogP contribution in [0.15, 0.2) is 24.3 Å². The number of nitro benzene ring substituents is 1. The second-order valence-corrected chi connectivity index (χ2v) is 5.09. The van der Waals surface area contributed by atoms with Crippen LogP contribution in [0.2, 0.25) is 0 Å². The van der Waals surface area contributed by atoms with Gasteiger partial charge in [-0.1, -0.05) is 3.89 Å². The smallest absolute Gasteiger partial charge is 0.375 e. The molecule has 0 bridgehead atoms. The third-order valence-corrected chi connectivity index (χ3v) is 3.39. The summed E-state index contributed by atoms with van der Waals surface area (Å²) in [5.74, 6) is 0.376. The number of rotatable bonds is 4. The van der Waals surface area contributed by atoms with Crippen molar-refractivity contribution in [3.05, 3.63) is 34.4 Å². The van der Waals surface area contributed by atoms with Crippen LogP contribution < -0.4 is 4.74 Å². The van der Waals surface area contributed by atoms with Gasteiger partial charge < -0.3 is 4.74 Å². The van der Waals surface area contributed by atoms with Crippen molar-refractivity contribution in [3.63, 3.8) is 0 Å². The zero-order valence-electron chi connectivity index (χ0n) is 9.02. The van der Waals surface area contributed by atoms with Crippen molar-refractivity contribution in [2.75, 3.05) is 13.1 Å². The molecule has 0 N–H and O–H groups in total. The SMILES string of the molecule is O=[N+]([O-])c1ccc(OC2CN(S(=O)(=O)F)C2)cc1. The molecule has 0 radical (unpaired) electrons. The molecule has 1 aromatic rings. The maximum atomic E-state index is 12.5. The van der Waals surface area contributed by atoms with Gasteiger partial charge in [-0.25, -0.2) is 0 Å². The Kier molecular flexibility index (Phi) is 3.18. The summed E-state index contributed by atoms with van der Waals surface area (Å²) in [6.45, 7) is -0.119. The standard InChI is InChI=1S/C9H9FN2O5S/c10-18(15,16)11-5-9(6-11)17-8-3-1-7(2-4-8)12(13)14/h1-4,9H,5-6H2. The molecule has 0 spiro atoms. The van der Waals surface area contributed by atoms with Crippen LogP contribution in [0.4, 0.5) is 9.57 Å². The molecule has 2 rings (SSSR count). The highest BCUT2D eigenvalue weighted by molar-refractivity contribution is 7.84. The molecule has 98 valence electrons. The molecule has 9 heteroatoms. The van der Waals surface area contributed by atoms with Gasteiger partial charge in [0.15, 0.2) is 0 Å². The van der Waals surface area contributed by atoms with E-state index in [9.17, 15) is 22.4 Å². The Balaban J connectivity index is 1.91. The van der Waals surface area contributed by atoms with E-state index in [1.54, 1.807) is 0 Å². The quantitative estimate of drug-likeness (QED) is 0.462. The minimum absolute atomic E-state index is 0.0597. The molecule has 1 fully saturated rings. The molecule has 1 saturated heterocycles. The first-order chi connectivity index (χ1) is 8.36. The monoisotopic (exact) mass is 276 g/mol. The number of nitro groups is 1. The van der Waals surface area contributed by atoms with E-state index in [0.29, 0.717) is 10.1 Å². The maximum absolute atomic E-state index is 12.5. The normalized spacial score (nSPS) is 17.2. The Hall–Kier alpha value is -1.74. The molecule has 1 aromatic carbocycles. The van der Waals surface area contributed by atoms with E-state index in [2.05, 4.69) is 0 Å². The summed E-state index contributed by atoms with van der Waals surface area (Å²) in [5, 5.41) is 10.4. The van der Waals surface area contributed by atoms with Crippen LogP contribution in [-0.4, -0.2) is 36.8 Å². The fourth-order valence-electron chi connectivity index (χ4n) is 1.49. The molecule has 0 atom stereocenters. The van der Waals surface area contributed by atoms with Crippen molar-refractivity contribution in [1.29, 1.82) is 0 Å². The maximum Gasteiger partial charge on any atom is 0.375 e. The summed E-state index contributed by atoms with van der Waals surface area (Å²) in [4.78, 5) is 9.87. The lowest BCUT2D eigenvalue weighted by molar-refractivity contribution is -0.384. The van der Waals surface area contributed by atoms with Gasteiger partial charge in [0.05, 0.1) is 18.0 Å². The number of ether oxygens (including phenoxy) is 1. The molecular weight excluding hydrogens is 267 g/mol. The number of hydrogen-bond acceptors (Lipinski definition) is 5. The van der Waals surface area contributed by atoms with Crippen LogP contribution in [-0.2, 0) is 10.4 Å². The van der Waals surface area contributed by atoms with Gasteiger partial charge in [-0.15, -0.1) is 0 Å². The summed E-state index contributed by atoms with van der Waals surface area (Å²) in [6.07, 6.45) is -0.433. The fraction of sp³-hybridized carbons (Fsp3) is 0.333. The van der Waals surface area contributed by atoms with Gasteiger partial charge in [-0.3, -0.25) is 10.1 Å². The van der Waals surface area contributed by atoms with E-state index >= 15 is 0 Å². The van der Waals surface area contributed by atoms with Crippen LogP contribution in [0, 0.1) is 10.1 Å². The van der Waals surface area contributed by atoms with E-state index in [1.165, 1.54) is 24.3 Å². The molecule has 0 amide bonds. The summed E-state index contributed by atoms with van der Waals surface area (Å²) in [5.41, 5.74) is -0.0658. The summed E-state index contributed by atoms with van der Waals surface area (Å²) in [7, 11) is -4.65. The van der Waals surface area contributed by atoms with E-state index < -0.39 is 21.4 Å². The van der Waals surface area contributed by atoms with Gasteiger partial charge in [0.1, 0.15) is 11.9 Å². The molecule has 0 unspecified atom stereocenters. The van der Waals surface area contributed by atoms with Crippen LogP contribution in [0.5, 0.6) is 5.75 Å². The highest BCUT2D eigenvalue weighted by Gasteiger charge is 2.37. The van der Waals surface area contributed by atoms with Crippen molar-refractivity contribution in [3.8, 4) is 5.75 Å². The summed E-state index contributed by atoms with van der Waals surface area (Å²) in [6, 6.07) is 5.37. The van der Waals surface area contributed by atoms with Crippen molar-refractivity contribution in [1.82, 2.24) is 4.31 Å². The van der Waals surface area contributed by atoms with E-state index in [4.69, 9.17) is 4.74 Å². The fourth-order valence-corrected chi connectivity index (χ4v) is 2.18. The predicted octanol–water partition coefficient (Wildman–Crippen LogP) is 0.872. The van der Waals surface area contributed by atoms with Crippen LogP contribution in [0.25, 0.3) is 0 Å². The number of nitrogens with zero attached hydrogens (tertiary/aromatic N) is 2. The minimum atomic E-state index is -4.65. The van der Waals surface area contributed by atoms with Gasteiger partial charge in [-0.2, -0.15) is 12.7 Å². The second kappa shape index (κ2) is 4.50. The van der Waals surface area contributed by atoms with Crippen LogP contribution in [0.1, 0.15) is 0 Å². The van der Waals surface area contributed by atoms with E-state index in [0.717, 1.165) is 0 Å². The molecule has 18 heavy (non-hydrogen) atoms. The molecule has 0 saturated carbocycles. The van der Waals surface area contributed by atoms with Crippen molar-refractivity contribution in [2.45, 2.75) is 6.10 Å². The molecule has 1 aliphatic rings. The summed E-state index contributed by atoms with van der Waals surface area (Å²) >= 11 is 0. The molecule has 0 aliphatic carbocycles. The topological polar surface area (TPSA) is 89.8 Å². The van der Waals surface area contributed by atoms with Gasteiger partial charge in [0, 0.05) is 12.1 Å². The Labute approximate surface area is 102 Å². The lowest BCUT2D eigenvalue weighted by Gasteiger charge is -2.35. The minimum Gasteiger partial charge on any atom is -0.488 e. The van der Waals surface area contributed by atoms with Gasteiger partial charge in [0.25, 0.3) is 5.69 Å². The molecule has 1 aliphatic heterocycles. The number of non-ortho nitro benzene ring substituents is 1. The zero-order valence-corrected chi connectivity index (χ0v) is 9.84. The van der Waals surface area contributed by atoms with Crippen LogP contribution >= 0.6 is 0 Å². The second-order valence-electron chi connectivity index (χ2n) is 3.75. The zero-order chi connectivity index (χ0) is 13.3. The first kappa shape index (κ1) is 12.7. The number of halogens is 1. The largest absolute Gasteiger partial charge is 0.488 e. The van der Waals surface area contributed by atoms with Crippen molar-refractivity contribution >= 4 is 16.1 Å². The van der Waals surface area contributed by atoms with Crippen molar-refractivity contribution in [2.24, 2.45) is 0 Å². The molecular formula is C9H9FN2O5S.